The summed E-state index contributed by atoms with van der Waals surface area (Å²) in [6, 6.07) is 16.1. The molecule has 0 aliphatic carbocycles. The number of hydrazine groups is 1. The molecule has 0 radical (unpaired) electrons. The van der Waals surface area contributed by atoms with E-state index in [0.717, 1.165) is 4.88 Å². The number of amides is 1. The largest absolute Gasteiger partial charge is 0.462 e. The quantitative estimate of drug-likeness (QED) is 0.574. The summed E-state index contributed by atoms with van der Waals surface area (Å²) < 4.78 is 20.1. The summed E-state index contributed by atoms with van der Waals surface area (Å²) in [6.07, 6.45) is 0. The molecule has 2 saturated heterocycles. The Hall–Kier alpha value is -3.07. The van der Waals surface area contributed by atoms with Crippen LogP contribution in [0, 0.1) is 11.7 Å². The third-order valence-corrected chi connectivity index (χ3v) is 7.00. The van der Waals surface area contributed by atoms with E-state index in [1.807, 2.05) is 17.5 Å². The van der Waals surface area contributed by atoms with Crippen LogP contribution in [0.15, 0.2) is 66.0 Å². The molecule has 6 nitrogen and oxygen atoms in total. The minimum absolute atomic E-state index is 0.140. The van der Waals surface area contributed by atoms with E-state index in [0.29, 0.717) is 16.8 Å². The summed E-state index contributed by atoms with van der Waals surface area (Å²) in [7, 11) is 0. The standard InChI is InChI=1S/C24H22FN3O3S/c1-2-31-24(30)14-9-11-15(12-10-14)28-22(16-6-3-4-7-17(16)25)19-20(18-8-5-13-32-18)26-27-21(19)23(28)29/h3-13,19-22,26-27H,2H2,1H3. The SMILES string of the molecule is CCOC(=O)c1ccc(N2C(=O)C3NNC(c4cccs4)C3C2c2ccccc2F)cc1. The van der Waals surface area contributed by atoms with Crippen LogP contribution in [0.4, 0.5) is 10.1 Å². The number of thiophene rings is 1. The van der Waals surface area contributed by atoms with Crippen LogP contribution in [0.2, 0.25) is 0 Å². The lowest BCUT2D eigenvalue weighted by Crippen LogP contribution is -2.41. The predicted octanol–water partition coefficient (Wildman–Crippen LogP) is 3.99. The monoisotopic (exact) mass is 451 g/mol. The Labute approximate surface area is 189 Å². The third-order valence-electron chi connectivity index (χ3n) is 6.04. The molecule has 2 aromatic carbocycles. The summed E-state index contributed by atoms with van der Waals surface area (Å²) in [4.78, 5) is 28.3. The number of hydrogen-bond donors (Lipinski definition) is 2. The average Bonchev–Trinajstić information content (AvgIpc) is 3.52. The van der Waals surface area contributed by atoms with Crippen molar-refractivity contribution >= 4 is 28.9 Å². The fraction of sp³-hybridized carbons (Fsp3) is 0.250. The summed E-state index contributed by atoms with van der Waals surface area (Å²) in [6.45, 7) is 2.03. The van der Waals surface area contributed by atoms with E-state index in [9.17, 15) is 9.59 Å². The number of nitrogens with one attached hydrogen (secondary N) is 2. The highest BCUT2D eigenvalue weighted by atomic mass is 32.1. The van der Waals surface area contributed by atoms with Gasteiger partial charge in [0.15, 0.2) is 0 Å². The number of carbonyl (C=O) groups is 2. The second-order valence-electron chi connectivity index (χ2n) is 7.78. The van der Waals surface area contributed by atoms with E-state index < -0.39 is 18.1 Å². The minimum Gasteiger partial charge on any atom is -0.462 e. The summed E-state index contributed by atoms with van der Waals surface area (Å²) in [5.74, 6) is -1.13. The molecule has 8 heteroatoms. The van der Waals surface area contributed by atoms with E-state index in [4.69, 9.17) is 4.74 Å². The van der Waals surface area contributed by atoms with Crippen LogP contribution >= 0.6 is 11.3 Å². The number of esters is 1. The van der Waals surface area contributed by atoms with E-state index in [2.05, 4.69) is 10.9 Å². The number of carbonyl (C=O) groups excluding carboxylic acids is 2. The molecule has 1 aromatic heterocycles. The topological polar surface area (TPSA) is 70.7 Å². The molecule has 32 heavy (non-hydrogen) atoms. The lowest BCUT2D eigenvalue weighted by atomic mass is 9.85. The van der Waals surface area contributed by atoms with Crippen molar-refractivity contribution in [3.63, 3.8) is 0 Å². The zero-order valence-electron chi connectivity index (χ0n) is 17.3. The molecule has 2 aliphatic rings. The van der Waals surface area contributed by atoms with Gasteiger partial charge in [0.2, 0.25) is 5.91 Å². The van der Waals surface area contributed by atoms with Crippen molar-refractivity contribution in [3.8, 4) is 0 Å². The van der Waals surface area contributed by atoms with E-state index in [-0.39, 0.29) is 30.3 Å². The molecule has 164 valence electrons. The van der Waals surface area contributed by atoms with Crippen LogP contribution in [0.1, 0.15) is 39.8 Å². The van der Waals surface area contributed by atoms with Crippen molar-refractivity contribution in [1.29, 1.82) is 0 Å². The molecular formula is C24H22FN3O3S. The van der Waals surface area contributed by atoms with Crippen molar-refractivity contribution in [2.75, 3.05) is 11.5 Å². The molecular weight excluding hydrogens is 429 g/mol. The maximum atomic E-state index is 15.0. The van der Waals surface area contributed by atoms with Crippen LogP contribution < -0.4 is 15.8 Å². The van der Waals surface area contributed by atoms with Crippen LogP contribution in [-0.2, 0) is 9.53 Å². The molecule has 2 fully saturated rings. The van der Waals surface area contributed by atoms with Gasteiger partial charge in [-0.15, -0.1) is 11.3 Å². The molecule has 5 rings (SSSR count). The zero-order valence-corrected chi connectivity index (χ0v) is 18.1. The Bertz CT molecular complexity index is 1140. The van der Waals surface area contributed by atoms with Crippen molar-refractivity contribution in [2.45, 2.75) is 25.0 Å². The van der Waals surface area contributed by atoms with Crippen molar-refractivity contribution in [2.24, 2.45) is 5.92 Å². The Balaban J connectivity index is 1.58. The molecule has 3 heterocycles. The van der Waals surface area contributed by atoms with Crippen LogP contribution in [0.25, 0.3) is 0 Å². The Kier molecular flexibility index (Phi) is 5.50. The highest BCUT2D eigenvalue weighted by molar-refractivity contribution is 7.10. The summed E-state index contributed by atoms with van der Waals surface area (Å²) >= 11 is 1.60. The van der Waals surface area contributed by atoms with Gasteiger partial charge >= 0.3 is 5.97 Å². The first-order valence-electron chi connectivity index (χ1n) is 10.5. The third kappa shape index (κ3) is 3.40. The minimum atomic E-state index is -0.517. The first-order valence-corrected chi connectivity index (χ1v) is 11.4. The Morgan fingerprint density at radius 3 is 2.50 bits per heavy atom. The van der Waals surface area contributed by atoms with Crippen LogP contribution in [0.3, 0.4) is 0 Å². The van der Waals surface area contributed by atoms with Crippen LogP contribution in [0.5, 0.6) is 0 Å². The average molecular weight is 452 g/mol. The maximum Gasteiger partial charge on any atom is 0.338 e. The molecule has 4 unspecified atom stereocenters. The number of nitrogens with zero attached hydrogens (tertiary/aromatic N) is 1. The molecule has 1 amide bonds. The van der Waals surface area contributed by atoms with Crippen LogP contribution in [-0.4, -0.2) is 24.5 Å². The van der Waals surface area contributed by atoms with Gasteiger partial charge in [-0.2, -0.15) is 0 Å². The van der Waals surface area contributed by atoms with Gasteiger partial charge in [-0.05, 0) is 48.7 Å². The molecule has 2 N–H and O–H groups in total. The smallest absolute Gasteiger partial charge is 0.338 e. The summed E-state index contributed by atoms with van der Waals surface area (Å²) in [5.41, 5.74) is 7.87. The fourth-order valence-electron chi connectivity index (χ4n) is 4.67. The normalized spacial score (nSPS) is 24.6. The fourth-order valence-corrected chi connectivity index (χ4v) is 5.50. The first kappa shape index (κ1) is 20.8. The van der Waals surface area contributed by atoms with Gasteiger partial charge in [0.25, 0.3) is 0 Å². The second-order valence-corrected chi connectivity index (χ2v) is 8.76. The number of benzene rings is 2. The van der Waals surface area contributed by atoms with Gasteiger partial charge in [0, 0.05) is 22.0 Å². The van der Waals surface area contributed by atoms with Crippen molar-refractivity contribution in [3.05, 3.63) is 87.9 Å². The highest BCUT2D eigenvalue weighted by Crippen LogP contribution is 2.49. The van der Waals surface area contributed by atoms with Gasteiger partial charge < -0.3 is 9.64 Å². The first-order chi connectivity index (χ1) is 15.6. The van der Waals surface area contributed by atoms with Crippen molar-refractivity contribution in [1.82, 2.24) is 10.9 Å². The number of hydrogen-bond acceptors (Lipinski definition) is 6. The predicted molar refractivity (Wildman–Crippen MR) is 120 cm³/mol. The number of anilines is 1. The lowest BCUT2D eigenvalue weighted by Gasteiger charge is -2.31. The molecule has 4 atom stereocenters. The van der Waals surface area contributed by atoms with Gasteiger partial charge in [-0.3, -0.25) is 4.79 Å². The maximum absolute atomic E-state index is 15.0. The van der Waals surface area contributed by atoms with E-state index >= 15 is 4.39 Å². The second kappa shape index (κ2) is 8.46. The Morgan fingerprint density at radius 1 is 1.06 bits per heavy atom. The van der Waals surface area contributed by atoms with E-state index in [1.54, 1.807) is 65.6 Å². The number of ether oxygens (including phenoxy) is 1. The molecule has 0 spiro atoms. The van der Waals surface area contributed by atoms with Gasteiger partial charge in [-0.25, -0.2) is 20.0 Å². The number of rotatable bonds is 5. The summed E-state index contributed by atoms with van der Waals surface area (Å²) in [5, 5.41) is 1.99. The lowest BCUT2D eigenvalue weighted by molar-refractivity contribution is -0.119. The zero-order chi connectivity index (χ0) is 22.2. The number of fused-ring (bicyclic) bond motifs is 1. The molecule has 2 aliphatic heterocycles. The highest BCUT2D eigenvalue weighted by Gasteiger charge is 2.56. The number of halogens is 1. The molecule has 3 aromatic rings. The van der Waals surface area contributed by atoms with Gasteiger partial charge in [-0.1, -0.05) is 24.3 Å². The Morgan fingerprint density at radius 2 is 1.81 bits per heavy atom. The van der Waals surface area contributed by atoms with E-state index in [1.165, 1.54) is 6.07 Å². The van der Waals surface area contributed by atoms with Gasteiger partial charge in [0.1, 0.15) is 11.9 Å². The van der Waals surface area contributed by atoms with Crippen molar-refractivity contribution < 1.29 is 18.7 Å². The molecule has 0 saturated carbocycles. The molecule has 0 bridgehead atoms. The van der Waals surface area contributed by atoms with Gasteiger partial charge in [0.05, 0.1) is 24.3 Å².